The van der Waals surface area contributed by atoms with Crippen molar-refractivity contribution in [2.75, 3.05) is 0 Å². The van der Waals surface area contributed by atoms with Crippen LogP contribution in [0.3, 0.4) is 0 Å². The number of aliphatic carboxylic acids is 1. The van der Waals surface area contributed by atoms with E-state index >= 15 is 0 Å². The summed E-state index contributed by atoms with van der Waals surface area (Å²) in [6.45, 7) is 0. The number of carboxylic acid groups (broad SMARTS) is 1. The quantitative estimate of drug-likeness (QED) is 0.779. The molecule has 0 aliphatic rings. The molecular formula is C16H17NO3. The first-order chi connectivity index (χ1) is 9.77. The highest BCUT2D eigenvalue weighted by molar-refractivity contribution is 5.76. The molecular weight excluding hydrogens is 254 g/mol. The Morgan fingerprint density at radius 2 is 2.20 bits per heavy atom. The predicted octanol–water partition coefficient (Wildman–Crippen LogP) is 3.75. The summed E-state index contributed by atoms with van der Waals surface area (Å²) in [6, 6.07) is 7.63. The van der Waals surface area contributed by atoms with E-state index in [1.165, 1.54) is 0 Å². The van der Waals surface area contributed by atoms with Gasteiger partial charge in [0.05, 0.1) is 6.26 Å². The van der Waals surface area contributed by atoms with Gasteiger partial charge in [-0.25, -0.2) is 0 Å². The Balaban J connectivity index is 2.06. The van der Waals surface area contributed by atoms with Gasteiger partial charge in [-0.1, -0.05) is 12.1 Å². The maximum absolute atomic E-state index is 10.5. The molecule has 2 aromatic rings. The molecule has 4 heteroatoms. The minimum atomic E-state index is -0.743. The third kappa shape index (κ3) is 4.09. The number of carboxylic acids is 1. The molecule has 20 heavy (non-hydrogen) atoms. The van der Waals surface area contributed by atoms with E-state index in [4.69, 9.17) is 9.52 Å². The molecule has 0 aromatic carbocycles. The van der Waals surface area contributed by atoms with Gasteiger partial charge in [0.2, 0.25) is 0 Å². The van der Waals surface area contributed by atoms with Crippen molar-refractivity contribution in [2.24, 2.45) is 0 Å². The number of hydrogen-bond donors (Lipinski definition) is 1. The van der Waals surface area contributed by atoms with Crippen molar-refractivity contribution in [2.45, 2.75) is 25.7 Å². The first kappa shape index (κ1) is 14.1. The molecule has 0 unspecified atom stereocenters. The van der Waals surface area contributed by atoms with Gasteiger partial charge in [-0.05, 0) is 37.5 Å². The van der Waals surface area contributed by atoms with Gasteiger partial charge < -0.3 is 9.52 Å². The predicted molar refractivity (Wildman–Crippen MR) is 76.1 cm³/mol. The number of carbonyl (C=O) groups is 1. The Morgan fingerprint density at radius 1 is 1.30 bits per heavy atom. The molecule has 2 heterocycles. The summed E-state index contributed by atoms with van der Waals surface area (Å²) in [5.74, 6) is 0.0590. The van der Waals surface area contributed by atoms with Crippen LogP contribution >= 0.6 is 0 Å². The highest BCUT2D eigenvalue weighted by Gasteiger charge is 2.07. The fraction of sp³-hybridized carbons (Fsp3) is 0.250. The van der Waals surface area contributed by atoms with E-state index in [1.54, 1.807) is 18.7 Å². The Hall–Kier alpha value is -2.36. The molecule has 0 atom stereocenters. The van der Waals surface area contributed by atoms with Crippen LogP contribution in [0, 0.1) is 0 Å². The smallest absolute Gasteiger partial charge is 0.303 e. The zero-order valence-corrected chi connectivity index (χ0v) is 11.2. The first-order valence-corrected chi connectivity index (χ1v) is 6.63. The number of rotatable bonds is 7. The first-order valence-electron chi connectivity index (χ1n) is 6.63. The van der Waals surface area contributed by atoms with E-state index in [0.717, 1.165) is 29.7 Å². The van der Waals surface area contributed by atoms with Crippen LogP contribution in [0.1, 0.15) is 37.0 Å². The number of allylic oxidation sites excluding steroid dienone is 1. The normalized spacial score (nSPS) is 11.5. The minimum Gasteiger partial charge on any atom is -0.481 e. The van der Waals surface area contributed by atoms with E-state index in [2.05, 4.69) is 11.1 Å². The standard InChI is InChI=1S/C16H17NO3/c18-16(19)9-3-1-2-7-14(15-8-5-11-20-15)13-6-4-10-17-12-13/h4-8,10-12H,1-3,9H2,(H,18,19)/b14-7+. The Bertz CT molecular complexity index is 559. The second kappa shape index (κ2) is 7.28. The van der Waals surface area contributed by atoms with Gasteiger partial charge in [0.25, 0.3) is 0 Å². The lowest BCUT2D eigenvalue weighted by atomic mass is 10.0. The van der Waals surface area contributed by atoms with Crippen LogP contribution in [0.2, 0.25) is 0 Å². The number of unbranched alkanes of at least 4 members (excludes halogenated alkanes) is 2. The number of furan rings is 1. The molecule has 104 valence electrons. The SMILES string of the molecule is O=C(O)CCCC/C=C(\c1cccnc1)c1ccco1. The molecule has 0 amide bonds. The van der Waals surface area contributed by atoms with E-state index in [9.17, 15) is 4.79 Å². The van der Waals surface area contributed by atoms with Gasteiger partial charge >= 0.3 is 5.97 Å². The van der Waals surface area contributed by atoms with Gasteiger partial charge in [0.1, 0.15) is 5.76 Å². The molecule has 2 aromatic heterocycles. The van der Waals surface area contributed by atoms with E-state index in [1.807, 2.05) is 24.3 Å². The average Bonchev–Trinajstić information content (AvgIpc) is 2.97. The third-order valence-electron chi connectivity index (χ3n) is 2.95. The molecule has 0 saturated heterocycles. The minimum absolute atomic E-state index is 0.219. The maximum atomic E-state index is 10.5. The highest BCUT2D eigenvalue weighted by atomic mass is 16.4. The van der Waals surface area contributed by atoms with Crippen LogP contribution in [0.4, 0.5) is 0 Å². The van der Waals surface area contributed by atoms with Gasteiger partial charge in [-0.3, -0.25) is 9.78 Å². The fourth-order valence-electron chi connectivity index (χ4n) is 1.98. The lowest BCUT2D eigenvalue weighted by Gasteiger charge is -2.04. The maximum Gasteiger partial charge on any atom is 0.303 e. The Labute approximate surface area is 117 Å². The van der Waals surface area contributed by atoms with Crippen LogP contribution in [-0.4, -0.2) is 16.1 Å². The van der Waals surface area contributed by atoms with Crippen molar-refractivity contribution >= 4 is 11.5 Å². The molecule has 1 N–H and O–H groups in total. The summed E-state index contributed by atoms with van der Waals surface area (Å²) in [4.78, 5) is 14.6. The monoisotopic (exact) mass is 271 g/mol. The van der Waals surface area contributed by atoms with Crippen molar-refractivity contribution < 1.29 is 14.3 Å². The lowest BCUT2D eigenvalue weighted by Crippen LogP contribution is -1.93. The molecule has 4 nitrogen and oxygen atoms in total. The van der Waals surface area contributed by atoms with Gasteiger partial charge in [-0.15, -0.1) is 0 Å². The van der Waals surface area contributed by atoms with Gasteiger partial charge in [0.15, 0.2) is 0 Å². The van der Waals surface area contributed by atoms with Crippen LogP contribution in [0.25, 0.3) is 5.57 Å². The van der Waals surface area contributed by atoms with Gasteiger partial charge in [-0.2, -0.15) is 0 Å². The fourth-order valence-corrected chi connectivity index (χ4v) is 1.98. The number of hydrogen-bond acceptors (Lipinski definition) is 3. The topological polar surface area (TPSA) is 63.3 Å². The highest BCUT2D eigenvalue weighted by Crippen LogP contribution is 2.24. The van der Waals surface area contributed by atoms with Crippen molar-refractivity contribution in [1.29, 1.82) is 0 Å². The summed E-state index contributed by atoms with van der Waals surface area (Å²) in [5.41, 5.74) is 2.00. The zero-order chi connectivity index (χ0) is 14.2. The average molecular weight is 271 g/mol. The van der Waals surface area contributed by atoms with Crippen molar-refractivity contribution in [3.8, 4) is 0 Å². The van der Waals surface area contributed by atoms with Crippen molar-refractivity contribution in [1.82, 2.24) is 4.98 Å². The Kier molecular flexibility index (Phi) is 5.12. The van der Waals surface area contributed by atoms with Gasteiger partial charge in [0, 0.05) is 30.0 Å². The summed E-state index contributed by atoms with van der Waals surface area (Å²) >= 11 is 0. The summed E-state index contributed by atoms with van der Waals surface area (Å²) in [6.07, 6.45) is 9.82. The molecule has 0 aliphatic carbocycles. The molecule has 0 fully saturated rings. The van der Waals surface area contributed by atoms with Crippen LogP contribution in [0.5, 0.6) is 0 Å². The molecule has 0 spiro atoms. The van der Waals surface area contributed by atoms with E-state index in [0.29, 0.717) is 6.42 Å². The number of aromatic nitrogens is 1. The Morgan fingerprint density at radius 3 is 2.85 bits per heavy atom. The largest absolute Gasteiger partial charge is 0.481 e. The third-order valence-corrected chi connectivity index (χ3v) is 2.95. The molecule has 2 rings (SSSR count). The van der Waals surface area contributed by atoms with Crippen molar-refractivity contribution in [3.63, 3.8) is 0 Å². The molecule has 0 radical (unpaired) electrons. The second-order valence-corrected chi connectivity index (χ2v) is 4.48. The van der Waals surface area contributed by atoms with Crippen LogP contribution in [0.15, 0.2) is 53.4 Å². The van der Waals surface area contributed by atoms with E-state index < -0.39 is 5.97 Å². The second-order valence-electron chi connectivity index (χ2n) is 4.48. The zero-order valence-electron chi connectivity index (χ0n) is 11.2. The summed E-state index contributed by atoms with van der Waals surface area (Å²) in [5, 5.41) is 8.61. The lowest BCUT2D eigenvalue weighted by molar-refractivity contribution is -0.137. The van der Waals surface area contributed by atoms with Crippen molar-refractivity contribution in [3.05, 3.63) is 60.3 Å². The van der Waals surface area contributed by atoms with E-state index in [-0.39, 0.29) is 6.42 Å². The molecule has 0 aliphatic heterocycles. The van der Waals surface area contributed by atoms with Crippen LogP contribution in [-0.2, 0) is 4.79 Å². The summed E-state index contributed by atoms with van der Waals surface area (Å²) in [7, 11) is 0. The number of pyridine rings is 1. The molecule has 0 saturated carbocycles. The molecule has 0 bridgehead atoms. The summed E-state index contributed by atoms with van der Waals surface area (Å²) < 4.78 is 5.46. The van der Waals surface area contributed by atoms with Crippen LogP contribution < -0.4 is 0 Å². The number of nitrogens with zero attached hydrogens (tertiary/aromatic N) is 1.